The van der Waals surface area contributed by atoms with Crippen LogP contribution in [0.15, 0.2) is 30.6 Å². The maximum atomic E-state index is 11.7. The van der Waals surface area contributed by atoms with Crippen LogP contribution in [-0.4, -0.2) is 16.1 Å². The second kappa shape index (κ2) is 4.06. The van der Waals surface area contributed by atoms with E-state index in [4.69, 9.17) is 5.73 Å². The first-order chi connectivity index (χ1) is 7.66. The van der Waals surface area contributed by atoms with Gasteiger partial charge in [-0.2, -0.15) is 5.10 Å². The van der Waals surface area contributed by atoms with Crippen molar-refractivity contribution in [3.8, 4) is 0 Å². The molecule has 0 aliphatic heterocycles. The molecule has 1 heterocycles. The molecule has 0 saturated carbocycles. The summed E-state index contributed by atoms with van der Waals surface area (Å²) in [5.41, 5.74) is 8.43. The Hall–Kier alpha value is -2.30. The van der Waals surface area contributed by atoms with Crippen LogP contribution in [-0.2, 0) is 0 Å². The number of benzene rings is 1. The summed E-state index contributed by atoms with van der Waals surface area (Å²) in [4.78, 5) is 11.7. The number of aromatic nitrogens is 2. The van der Waals surface area contributed by atoms with Crippen molar-refractivity contribution in [1.29, 1.82) is 0 Å². The lowest BCUT2D eigenvalue weighted by atomic mass is 10.2. The van der Waals surface area contributed by atoms with Crippen LogP contribution in [0.4, 0.5) is 11.4 Å². The van der Waals surface area contributed by atoms with E-state index in [9.17, 15) is 4.79 Å². The fourth-order valence-electron chi connectivity index (χ4n) is 1.35. The van der Waals surface area contributed by atoms with Crippen molar-refractivity contribution in [2.24, 2.45) is 0 Å². The summed E-state index contributed by atoms with van der Waals surface area (Å²) in [6.45, 7) is 1.94. The van der Waals surface area contributed by atoms with E-state index in [-0.39, 0.29) is 5.91 Å². The van der Waals surface area contributed by atoms with Gasteiger partial charge in [0.15, 0.2) is 0 Å². The van der Waals surface area contributed by atoms with Gasteiger partial charge in [-0.3, -0.25) is 9.89 Å². The smallest absolute Gasteiger partial charge is 0.258 e. The number of nitrogens with one attached hydrogen (secondary N) is 2. The van der Waals surface area contributed by atoms with Gasteiger partial charge >= 0.3 is 0 Å². The van der Waals surface area contributed by atoms with Crippen LogP contribution in [0, 0.1) is 6.92 Å². The summed E-state index contributed by atoms with van der Waals surface area (Å²) in [6, 6.07) is 5.48. The zero-order valence-corrected chi connectivity index (χ0v) is 8.82. The third-order valence-electron chi connectivity index (χ3n) is 2.22. The van der Waals surface area contributed by atoms with Crippen molar-refractivity contribution in [3.63, 3.8) is 0 Å². The second-order valence-electron chi connectivity index (χ2n) is 3.53. The van der Waals surface area contributed by atoms with Gasteiger partial charge in [-0.15, -0.1) is 0 Å². The number of nitrogen functional groups attached to an aromatic ring is 1. The molecule has 0 spiro atoms. The monoisotopic (exact) mass is 216 g/mol. The van der Waals surface area contributed by atoms with E-state index in [1.807, 2.05) is 19.1 Å². The number of anilines is 2. The van der Waals surface area contributed by atoms with Gasteiger partial charge in [0.1, 0.15) is 0 Å². The predicted molar refractivity (Wildman–Crippen MR) is 62.1 cm³/mol. The van der Waals surface area contributed by atoms with E-state index in [1.165, 1.54) is 12.4 Å². The SMILES string of the molecule is Cc1ccc(N)c(NC(=O)c2cn[nH]c2)c1. The zero-order chi connectivity index (χ0) is 11.5. The molecule has 2 aromatic rings. The minimum atomic E-state index is -0.231. The van der Waals surface area contributed by atoms with E-state index in [0.29, 0.717) is 16.9 Å². The van der Waals surface area contributed by atoms with Crippen LogP contribution >= 0.6 is 0 Å². The Morgan fingerprint density at radius 1 is 1.50 bits per heavy atom. The number of nitrogens with zero attached hydrogens (tertiary/aromatic N) is 1. The highest BCUT2D eigenvalue weighted by atomic mass is 16.1. The average Bonchev–Trinajstić information content (AvgIpc) is 2.76. The van der Waals surface area contributed by atoms with E-state index < -0.39 is 0 Å². The van der Waals surface area contributed by atoms with E-state index in [2.05, 4.69) is 15.5 Å². The number of H-pyrrole nitrogens is 1. The molecule has 0 bridgehead atoms. The zero-order valence-electron chi connectivity index (χ0n) is 8.82. The van der Waals surface area contributed by atoms with Gasteiger partial charge in [-0.25, -0.2) is 0 Å². The molecule has 0 unspecified atom stereocenters. The van der Waals surface area contributed by atoms with Crippen LogP contribution in [0.25, 0.3) is 0 Å². The van der Waals surface area contributed by atoms with Crippen molar-refractivity contribution in [3.05, 3.63) is 41.7 Å². The molecule has 5 heteroatoms. The van der Waals surface area contributed by atoms with Crippen LogP contribution < -0.4 is 11.1 Å². The Balaban J connectivity index is 2.21. The van der Waals surface area contributed by atoms with Gasteiger partial charge in [0.05, 0.1) is 23.1 Å². The van der Waals surface area contributed by atoms with E-state index in [1.54, 1.807) is 6.07 Å². The lowest BCUT2D eigenvalue weighted by Crippen LogP contribution is -2.12. The summed E-state index contributed by atoms with van der Waals surface area (Å²) in [6.07, 6.45) is 2.99. The number of rotatable bonds is 2. The Kier molecular flexibility index (Phi) is 2.59. The molecule has 1 aromatic heterocycles. The summed E-state index contributed by atoms with van der Waals surface area (Å²) in [5, 5.41) is 9.02. The third-order valence-corrected chi connectivity index (χ3v) is 2.22. The van der Waals surface area contributed by atoms with Gasteiger partial charge in [-0.05, 0) is 24.6 Å². The topological polar surface area (TPSA) is 83.8 Å². The maximum absolute atomic E-state index is 11.7. The Morgan fingerprint density at radius 3 is 3.00 bits per heavy atom. The largest absolute Gasteiger partial charge is 0.397 e. The van der Waals surface area contributed by atoms with Crippen molar-refractivity contribution in [2.75, 3.05) is 11.1 Å². The number of amides is 1. The van der Waals surface area contributed by atoms with Crippen molar-refractivity contribution in [2.45, 2.75) is 6.92 Å². The average molecular weight is 216 g/mol. The first-order valence-corrected chi connectivity index (χ1v) is 4.83. The van der Waals surface area contributed by atoms with Crippen LogP contribution in [0.5, 0.6) is 0 Å². The standard InChI is InChI=1S/C11H12N4O/c1-7-2-3-9(12)10(4-7)15-11(16)8-5-13-14-6-8/h2-6H,12H2,1H3,(H,13,14)(H,15,16). The molecule has 0 saturated heterocycles. The highest BCUT2D eigenvalue weighted by molar-refractivity contribution is 6.05. The number of aryl methyl sites for hydroxylation is 1. The fourth-order valence-corrected chi connectivity index (χ4v) is 1.35. The number of carbonyl (C=O) groups excluding carboxylic acids is 1. The van der Waals surface area contributed by atoms with Crippen LogP contribution in [0.2, 0.25) is 0 Å². The van der Waals surface area contributed by atoms with Gasteiger partial charge in [0, 0.05) is 6.20 Å². The number of carbonyl (C=O) groups is 1. The number of aromatic amines is 1. The van der Waals surface area contributed by atoms with Gasteiger partial charge in [0.25, 0.3) is 5.91 Å². The molecule has 0 aliphatic carbocycles. The summed E-state index contributed by atoms with van der Waals surface area (Å²) < 4.78 is 0. The molecule has 0 atom stereocenters. The Morgan fingerprint density at radius 2 is 2.31 bits per heavy atom. The third kappa shape index (κ3) is 2.03. The molecule has 0 aliphatic rings. The number of hydrogen-bond acceptors (Lipinski definition) is 3. The fraction of sp³-hybridized carbons (Fsp3) is 0.0909. The molecule has 4 N–H and O–H groups in total. The predicted octanol–water partition coefficient (Wildman–Crippen LogP) is 1.55. The van der Waals surface area contributed by atoms with Crippen LogP contribution in [0.3, 0.4) is 0 Å². The normalized spacial score (nSPS) is 10.1. The molecule has 1 amide bonds. The maximum Gasteiger partial charge on any atom is 0.258 e. The highest BCUT2D eigenvalue weighted by Gasteiger charge is 2.08. The lowest BCUT2D eigenvalue weighted by molar-refractivity contribution is 0.102. The molecule has 16 heavy (non-hydrogen) atoms. The van der Waals surface area contributed by atoms with Crippen molar-refractivity contribution < 1.29 is 4.79 Å². The summed E-state index contributed by atoms with van der Waals surface area (Å²) >= 11 is 0. The number of hydrogen-bond donors (Lipinski definition) is 3. The Labute approximate surface area is 92.7 Å². The molecular formula is C11H12N4O. The van der Waals surface area contributed by atoms with E-state index in [0.717, 1.165) is 5.56 Å². The molecular weight excluding hydrogens is 204 g/mol. The van der Waals surface area contributed by atoms with Crippen LogP contribution in [0.1, 0.15) is 15.9 Å². The molecule has 0 fully saturated rings. The van der Waals surface area contributed by atoms with E-state index >= 15 is 0 Å². The first kappa shape index (κ1) is 10.2. The van der Waals surface area contributed by atoms with Gasteiger partial charge < -0.3 is 11.1 Å². The molecule has 0 radical (unpaired) electrons. The molecule has 2 rings (SSSR count). The minimum absolute atomic E-state index is 0.231. The van der Waals surface area contributed by atoms with Gasteiger partial charge in [-0.1, -0.05) is 6.07 Å². The minimum Gasteiger partial charge on any atom is -0.397 e. The highest BCUT2D eigenvalue weighted by Crippen LogP contribution is 2.20. The molecule has 5 nitrogen and oxygen atoms in total. The number of nitrogens with two attached hydrogens (primary N) is 1. The summed E-state index contributed by atoms with van der Waals surface area (Å²) in [7, 11) is 0. The van der Waals surface area contributed by atoms with Crippen molar-refractivity contribution >= 4 is 17.3 Å². The lowest BCUT2D eigenvalue weighted by Gasteiger charge is -2.07. The Bertz CT molecular complexity index is 505. The molecule has 1 aromatic carbocycles. The van der Waals surface area contributed by atoms with Gasteiger partial charge in [0.2, 0.25) is 0 Å². The summed E-state index contributed by atoms with van der Waals surface area (Å²) in [5.74, 6) is -0.231. The second-order valence-corrected chi connectivity index (χ2v) is 3.53. The first-order valence-electron chi connectivity index (χ1n) is 4.83. The van der Waals surface area contributed by atoms with Crippen molar-refractivity contribution in [1.82, 2.24) is 10.2 Å². The molecule has 82 valence electrons. The quantitative estimate of drug-likeness (QED) is 0.666.